The van der Waals surface area contributed by atoms with Gasteiger partial charge in [0.05, 0.1) is 0 Å². The number of nitrogens with one attached hydrogen (secondary N) is 1. The highest BCUT2D eigenvalue weighted by molar-refractivity contribution is 6.31. The topological polar surface area (TPSA) is 57.8 Å². The molecule has 130 valence electrons. The number of amides is 1. The quantitative estimate of drug-likeness (QED) is 0.604. The molecule has 4 nitrogen and oxygen atoms in total. The van der Waals surface area contributed by atoms with Crippen molar-refractivity contribution in [1.29, 1.82) is 5.26 Å². The predicted molar refractivity (Wildman–Crippen MR) is 103 cm³/mol. The second-order valence-corrected chi connectivity index (χ2v) is 6.42. The lowest BCUT2D eigenvalue weighted by atomic mass is 10.1. The van der Waals surface area contributed by atoms with Gasteiger partial charge in [0.15, 0.2) is 0 Å². The normalized spacial score (nSPS) is 11.3. The molecule has 0 aliphatic carbocycles. The van der Waals surface area contributed by atoms with E-state index >= 15 is 0 Å². The summed E-state index contributed by atoms with van der Waals surface area (Å²) in [5.41, 5.74) is 4.51. The van der Waals surface area contributed by atoms with Crippen LogP contribution in [0, 0.1) is 32.1 Å². The van der Waals surface area contributed by atoms with Crippen LogP contribution in [-0.2, 0) is 11.3 Å². The Kier molecular flexibility index (Phi) is 6.06. The summed E-state index contributed by atoms with van der Waals surface area (Å²) in [7, 11) is 0. The number of hydrogen-bond donors (Lipinski definition) is 1. The zero-order valence-corrected chi connectivity index (χ0v) is 15.7. The number of aromatic nitrogens is 1. The van der Waals surface area contributed by atoms with Gasteiger partial charge in [0, 0.05) is 28.6 Å². The van der Waals surface area contributed by atoms with Crippen molar-refractivity contribution in [3.05, 3.63) is 57.4 Å². The zero-order chi connectivity index (χ0) is 18.6. The molecule has 0 saturated heterocycles. The Labute approximate surface area is 153 Å². The van der Waals surface area contributed by atoms with Crippen molar-refractivity contribution in [1.82, 2.24) is 4.57 Å². The lowest BCUT2D eigenvalue weighted by molar-refractivity contribution is -0.112. The summed E-state index contributed by atoms with van der Waals surface area (Å²) >= 11 is 6.08. The van der Waals surface area contributed by atoms with E-state index in [1.54, 1.807) is 24.3 Å². The van der Waals surface area contributed by atoms with Crippen LogP contribution in [0.3, 0.4) is 0 Å². The molecule has 2 aromatic rings. The van der Waals surface area contributed by atoms with Gasteiger partial charge in [-0.05, 0) is 62.6 Å². The maximum absolute atomic E-state index is 12.5. The Balaban J connectivity index is 2.32. The number of carbonyl (C=O) groups is 1. The summed E-state index contributed by atoms with van der Waals surface area (Å²) in [6.45, 7) is 8.90. The second-order valence-electron chi connectivity index (χ2n) is 6.01. The van der Waals surface area contributed by atoms with Crippen molar-refractivity contribution in [2.75, 3.05) is 5.32 Å². The third-order valence-electron chi connectivity index (χ3n) is 4.24. The molecule has 2 rings (SSSR count). The number of nitriles is 1. The van der Waals surface area contributed by atoms with Gasteiger partial charge in [-0.25, -0.2) is 0 Å². The van der Waals surface area contributed by atoms with Crippen LogP contribution >= 0.6 is 11.6 Å². The van der Waals surface area contributed by atoms with Crippen LogP contribution in [0.25, 0.3) is 6.08 Å². The molecule has 1 amide bonds. The number of rotatable bonds is 5. The molecule has 1 aromatic heterocycles. The molecule has 0 fully saturated rings. The average Bonchev–Trinajstić information content (AvgIpc) is 2.84. The molecule has 0 spiro atoms. The number of anilines is 1. The van der Waals surface area contributed by atoms with Crippen molar-refractivity contribution in [3.63, 3.8) is 0 Å². The number of carbonyl (C=O) groups excluding carboxylic acids is 1. The van der Waals surface area contributed by atoms with Gasteiger partial charge in [-0.1, -0.05) is 24.6 Å². The fourth-order valence-electron chi connectivity index (χ4n) is 2.78. The number of aryl methyl sites for hydroxylation is 1. The average molecular weight is 356 g/mol. The smallest absolute Gasteiger partial charge is 0.266 e. The highest BCUT2D eigenvalue weighted by atomic mass is 35.5. The van der Waals surface area contributed by atoms with Gasteiger partial charge < -0.3 is 9.88 Å². The molecular weight excluding hydrogens is 334 g/mol. The van der Waals surface area contributed by atoms with E-state index in [2.05, 4.69) is 16.8 Å². The minimum absolute atomic E-state index is 0.0659. The van der Waals surface area contributed by atoms with Gasteiger partial charge >= 0.3 is 0 Å². The Morgan fingerprint density at radius 1 is 1.36 bits per heavy atom. The molecule has 0 aliphatic rings. The monoisotopic (exact) mass is 355 g/mol. The summed E-state index contributed by atoms with van der Waals surface area (Å²) in [4.78, 5) is 12.5. The van der Waals surface area contributed by atoms with Crippen LogP contribution in [0.2, 0.25) is 5.02 Å². The zero-order valence-electron chi connectivity index (χ0n) is 15.0. The van der Waals surface area contributed by atoms with E-state index in [0.29, 0.717) is 10.7 Å². The van der Waals surface area contributed by atoms with Gasteiger partial charge in [0.25, 0.3) is 5.91 Å². The third-order valence-corrected chi connectivity index (χ3v) is 4.65. The molecule has 1 N–H and O–H groups in total. The van der Waals surface area contributed by atoms with Crippen LogP contribution in [0.1, 0.15) is 35.9 Å². The van der Waals surface area contributed by atoms with Gasteiger partial charge in [0.2, 0.25) is 0 Å². The Morgan fingerprint density at radius 2 is 2.08 bits per heavy atom. The molecule has 0 aliphatic heterocycles. The third kappa shape index (κ3) is 4.12. The number of halogens is 1. The van der Waals surface area contributed by atoms with Crippen LogP contribution in [0.4, 0.5) is 5.69 Å². The van der Waals surface area contributed by atoms with Crippen LogP contribution in [-0.4, -0.2) is 10.5 Å². The maximum Gasteiger partial charge on any atom is 0.266 e. The van der Waals surface area contributed by atoms with Crippen molar-refractivity contribution in [3.8, 4) is 6.07 Å². The van der Waals surface area contributed by atoms with Crippen molar-refractivity contribution >= 4 is 29.3 Å². The summed E-state index contributed by atoms with van der Waals surface area (Å²) in [6.07, 6.45) is 2.67. The first-order valence-corrected chi connectivity index (χ1v) is 8.61. The fraction of sp³-hybridized carbons (Fsp3) is 0.300. The highest BCUT2D eigenvalue weighted by Crippen LogP contribution is 2.24. The maximum atomic E-state index is 12.5. The highest BCUT2D eigenvalue weighted by Gasteiger charge is 2.14. The van der Waals surface area contributed by atoms with Gasteiger partial charge in [-0.15, -0.1) is 0 Å². The van der Waals surface area contributed by atoms with Crippen LogP contribution in [0.15, 0.2) is 29.8 Å². The molecule has 0 bridgehead atoms. The van der Waals surface area contributed by atoms with Crippen LogP contribution in [0.5, 0.6) is 0 Å². The van der Waals surface area contributed by atoms with E-state index in [0.717, 1.165) is 35.5 Å². The molecule has 1 heterocycles. The van der Waals surface area contributed by atoms with E-state index in [-0.39, 0.29) is 5.57 Å². The van der Waals surface area contributed by atoms with Crippen molar-refractivity contribution < 1.29 is 4.79 Å². The summed E-state index contributed by atoms with van der Waals surface area (Å²) < 4.78 is 2.19. The first kappa shape index (κ1) is 18.8. The van der Waals surface area contributed by atoms with E-state index in [1.165, 1.54) is 0 Å². The first-order chi connectivity index (χ1) is 11.9. The molecule has 5 heteroatoms. The Hall–Kier alpha value is -2.51. The summed E-state index contributed by atoms with van der Waals surface area (Å²) in [6, 6.07) is 9.29. The minimum Gasteiger partial charge on any atom is -0.349 e. The largest absolute Gasteiger partial charge is 0.349 e. The summed E-state index contributed by atoms with van der Waals surface area (Å²) in [5, 5.41) is 12.8. The predicted octanol–water partition coefficient (Wildman–Crippen LogP) is 5.02. The van der Waals surface area contributed by atoms with Gasteiger partial charge in [-0.3, -0.25) is 4.79 Å². The van der Waals surface area contributed by atoms with E-state index in [9.17, 15) is 10.1 Å². The molecular formula is C20H22ClN3O. The van der Waals surface area contributed by atoms with Crippen molar-refractivity contribution in [2.24, 2.45) is 0 Å². The minimum atomic E-state index is -0.437. The van der Waals surface area contributed by atoms with Crippen molar-refractivity contribution in [2.45, 2.75) is 40.7 Å². The van der Waals surface area contributed by atoms with Gasteiger partial charge in [0.1, 0.15) is 11.6 Å². The first-order valence-electron chi connectivity index (χ1n) is 8.24. The number of benzene rings is 1. The lowest BCUT2D eigenvalue weighted by Gasteiger charge is -2.09. The number of nitrogens with zero attached hydrogens (tertiary/aromatic N) is 2. The molecule has 25 heavy (non-hydrogen) atoms. The van der Waals surface area contributed by atoms with Gasteiger partial charge in [-0.2, -0.15) is 5.26 Å². The molecule has 0 radical (unpaired) electrons. The van der Waals surface area contributed by atoms with E-state index in [1.807, 2.05) is 32.9 Å². The SMILES string of the molecule is CCCn1c(C)cc(C=C(C#N)C(=O)Nc2cccc(Cl)c2C)c1C. The van der Waals surface area contributed by atoms with Crippen LogP contribution < -0.4 is 5.32 Å². The summed E-state index contributed by atoms with van der Waals surface area (Å²) in [5.74, 6) is -0.437. The molecule has 1 aromatic carbocycles. The Morgan fingerprint density at radius 3 is 2.72 bits per heavy atom. The molecule has 0 saturated carbocycles. The second kappa shape index (κ2) is 8.04. The Bertz CT molecular complexity index is 872. The standard InChI is InChI=1S/C20H22ClN3O/c1-5-9-24-13(2)10-16(15(24)4)11-17(12-22)20(25)23-19-8-6-7-18(21)14(19)3/h6-8,10-11H,5,9H2,1-4H3,(H,23,25). The molecule has 0 atom stereocenters. The van der Waals surface area contributed by atoms with E-state index in [4.69, 9.17) is 11.6 Å². The number of hydrogen-bond acceptors (Lipinski definition) is 2. The lowest BCUT2D eigenvalue weighted by Crippen LogP contribution is -2.14. The van der Waals surface area contributed by atoms with E-state index < -0.39 is 5.91 Å². The molecule has 0 unspecified atom stereocenters. The fourth-order valence-corrected chi connectivity index (χ4v) is 2.95.